The molecule has 0 aromatic heterocycles. The molecule has 1 aromatic carbocycles. The van der Waals surface area contributed by atoms with Gasteiger partial charge in [-0.2, -0.15) is 0 Å². The lowest BCUT2D eigenvalue weighted by atomic mass is 10.00. The largest absolute Gasteiger partial charge is 0.491 e. The first-order chi connectivity index (χ1) is 9.25. The Bertz CT molecular complexity index is 521. The molecule has 5 heteroatoms. The second kappa shape index (κ2) is 5.01. The molecule has 5 nitrogen and oxygen atoms in total. The molecular weight excluding hydrogens is 244 g/mol. The van der Waals surface area contributed by atoms with E-state index in [4.69, 9.17) is 4.74 Å². The van der Waals surface area contributed by atoms with Gasteiger partial charge in [-0.3, -0.25) is 9.59 Å². The maximum absolute atomic E-state index is 12.3. The van der Waals surface area contributed by atoms with Gasteiger partial charge in [-0.05, 0) is 37.6 Å². The quantitative estimate of drug-likeness (QED) is 0.770. The molecule has 1 saturated heterocycles. The van der Waals surface area contributed by atoms with Gasteiger partial charge in [-0.25, -0.2) is 0 Å². The summed E-state index contributed by atoms with van der Waals surface area (Å²) in [6.07, 6.45) is 1.88. The van der Waals surface area contributed by atoms with Gasteiger partial charge in [0.2, 0.25) is 0 Å². The van der Waals surface area contributed by atoms with Crippen LogP contribution in [-0.4, -0.2) is 37.4 Å². The van der Waals surface area contributed by atoms with E-state index >= 15 is 0 Å². The molecular formula is C14H16N2O3. The predicted octanol–water partition coefficient (Wildman–Crippen LogP) is 0.744. The third-order valence-electron chi connectivity index (χ3n) is 3.53. The topological polar surface area (TPSA) is 67.4 Å². The Labute approximate surface area is 111 Å². The standard InChI is InChI=1S/C14H16N2O3/c17-13(11-2-1-5-15-11)9-3-4-12-10(8-9)14(18)16-6-7-19-12/h3-4,8,11,15H,1-2,5-7H2,(H,16,18). The molecule has 0 radical (unpaired) electrons. The van der Waals surface area contributed by atoms with Gasteiger partial charge < -0.3 is 15.4 Å². The summed E-state index contributed by atoms with van der Waals surface area (Å²) in [7, 11) is 0. The summed E-state index contributed by atoms with van der Waals surface area (Å²) < 4.78 is 5.47. The molecule has 1 amide bonds. The Balaban J connectivity index is 1.91. The summed E-state index contributed by atoms with van der Waals surface area (Å²) in [4.78, 5) is 24.2. The number of rotatable bonds is 2. The number of carbonyl (C=O) groups is 2. The molecule has 2 aliphatic heterocycles. The van der Waals surface area contributed by atoms with E-state index in [9.17, 15) is 9.59 Å². The zero-order valence-corrected chi connectivity index (χ0v) is 10.6. The summed E-state index contributed by atoms with van der Waals surface area (Å²) in [5, 5.41) is 5.92. The lowest BCUT2D eigenvalue weighted by molar-refractivity contribution is 0.0952. The van der Waals surface area contributed by atoms with Gasteiger partial charge in [-0.15, -0.1) is 0 Å². The third kappa shape index (κ3) is 2.33. The van der Waals surface area contributed by atoms with Crippen molar-refractivity contribution in [3.8, 4) is 5.75 Å². The van der Waals surface area contributed by atoms with Gasteiger partial charge in [0, 0.05) is 5.56 Å². The number of nitrogens with one attached hydrogen (secondary N) is 2. The first-order valence-electron chi connectivity index (χ1n) is 6.58. The molecule has 3 rings (SSSR count). The second-order valence-electron chi connectivity index (χ2n) is 4.83. The van der Waals surface area contributed by atoms with E-state index in [1.807, 2.05) is 0 Å². The summed E-state index contributed by atoms with van der Waals surface area (Å²) in [5.41, 5.74) is 1.01. The van der Waals surface area contributed by atoms with Crippen molar-refractivity contribution in [2.45, 2.75) is 18.9 Å². The Morgan fingerprint density at radius 2 is 2.21 bits per heavy atom. The van der Waals surface area contributed by atoms with Gasteiger partial charge >= 0.3 is 0 Å². The number of fused-ring (bicyclic) bond motifs is 1. The molecule has 0 aliphatic carbocycles. The minimum atomic E-state index is -0.179. The van der Waals surface area contributed by atoms with Crippen LogP contribution in [0.1, 0.15) is 33.6 Å². The van der Waals surface area contributed by atoms with Crippen LogP contribution in [0.4, 0.5) is 0 Å². The number of hydrogen-bond donors (Lipinski definition) is 2. The first-order valence-corrected chi connectivity index (χ1v) is 6.58. The maximum atomic E-state index is 12.3. The van der Waals surface area contributed by atoms with Crippen LogP contribution in [0.25, 0.3) is 0 Å². The number of hydrogen-bond acceptors (Lipinski definition) is 4. The molecule has 0 spiro atoms. The van der Waals surface area contributed by atoms with E-state index in [0.717, 1.165) is 19.4 Å². The number of carbonyl (C=O) groups excluding carboxylic acids is 2. The van der Waals surface area contributed by atoms with Crippen molar-refractivity contribution >= 4 is 11.7 Å². The highest BCUT2D eigenvalue weighted by Crippen LogP contribution is 2.23. The molecule has 0 saturated carbocycles. The molecule has 1 aromatic rings. The number of ether oxygens (including phenoxy) is 1. The second-order valence-corrected chi connectivity index (χ2v) is 4.83. The van der Waals surface area contributed by atoms with Crippen molar-refractivity contribution in [3.63, 3.8) is 0 Å². The summed E-state index contributed by atoms with van der Waals surface area (Å²) in [5.74, 6) is 0.421. The smallest absolute Gasteiger partial charge is 0.255 e. The van der Waals surface area contributed by atoms with E-state index < -0.39 is 0 Å². The average molecular weight is 260 g/mol. The lowest BCUT2D eigenvalue weighted by Gasteiger charge is -2.11. The molecule has 0 bridgehead atoms. The van der Waals surface area contributed by atoms with Crippen LogP contribution in [0, 0.1) is 0 Å². The Morgan fingerprint density at radius 3 is 3.00 bits per heavy atom. The molecule has 1 fully saturated rings. The fraction of sp³-hybridized carbons (Fsp3) is 0.429. The highest BCUT2D eigenvalue weighted by atomic mass is 16.5. The number of benzene rings is 1. The molecule has 2 N–H and O–H groups in total. The molecule has 19 heavy (non-hydrogen) atoms. The van der Waals surface area contributed by atoms with Gasteiger partial charge in [0.1, 0.15) is 12.4 Å². The molecule has 100 valence electrons. The van der Waals surface area contributed by atoms with Crippen LogP contribution < -0.4 is 15.4 Å². The van der Waals surface area contributed by atoms with Crippen molar-refractivity contribution in [1.29, 1.82) is 0 Å². The summed E-state index contributed by atoms with van der Waals surface area (Å²) in [6, 6.07) is 4.97. The van der Waals surface area contributed by atoms with Crippen LogP contribution in [-0.2, 0) is 0 Å². The van der Waals surface area contributed by atoms with Crippen molar-refractivity contribution < 1.29 is 14.3 Å². The van der Waals surface area contributed by atoms with E-state index in [1.54, 1.807) is 18.2 Å². The summed E-state index contributed by atoms with van der Waals surface area (Å²) in [6.45, 7) is 1.82. The normalized spacial score (nSPS) is 22.1. The zero-order chi connectivity index (χ0) is 13.2. The number of amides is 1. The highest BCUT2D eigenvalue weighted by Gasteiger charge is 2.25. The minimum Gasteiger partial charge on any atom is -0.491 e. The van der Waals surface area contributed by atoms with Crippen LogP contribution in [0.15, 0.2) is 18.2 Å². The number of Topliss-reactive ketones (excluding diaryl/α,β-unsaturated/α-hetero) is 1. The van der Waals surface area contributed by atoms with Crippen LogP contribution >= 0.6 is 0 Å². The van der Waals surface area contributed by atoms with Gasteiger partial charge in [0.05, 0.1) is 18.2 Å². The molecule has 1 atom stereocenters. The van der Waals surface area contributed by atoms with E-state index in [0.29, 0.717) is 30.0 Å². The number of ketones is 1. The lowest BCUT2D eigenvalue weighted by Crippen LogP contribution is -2.31. The van der Waals surface area contributed by atoms with Crippen molar-refractivity contribution in [2.24, 2.45) is 0 Å². The van der Waals surface area contributed by atoms with Gasteiger partial charge in [0.15, 0.2) is 5.78 Å². The minimum absolute atomic E-state index is 0.0531. The molecule has 1 unspecified atom stereocenters. The van der Waals surface area contributed by atoms with Crippen LogP contribution in [0.5, 0.6) is 5.75 Å². The van der Waals surface area contributed by atoms with Crippen molar-refractivity contribution in [3.05, 3.63) is 29.3 Å². The first kappa shape index (κ1) is 12.2. The molecule has 2 aliphatic rings. The average Bonchev–Trinajstić information content (AvgIpc) is 2.90. The zero-order valence-electron chi connectivity index (χ0n) is 10.6. The van der Waals surface area contributed by atoms with Crippen LogP contribution in [0.3, 0.4) is 0 Å². The van der Waals surface area contributed by atoms with Gasteiger partial charge in [-0.1, -0.05) is 0 Å². The Kier molecular flexibility index (Phi) is 3.21. The fourth-order valence-electron chi connectivity index (χ4n) is 2.52. The SMILES string of the molecule is O=C1NCCOc2ccc(C(=O)C3CCCN3)cc21. The van der Waals surface area contributed by atoms with Crippen molar-refractivity contribution in [1.82, 2.24) is 10.6 Å². The maximum Gasteiger partial charge on any atom is 0.255 e. The van der Waals surface area contributed by atoms with E-state index in [1.165, 1.54) is 0 Å². The Hall–Kier alpha value is -1.88. The highest BCUT2D eigenvalue weighted by molar-refractivity contribution is 6.04. The monoisotopic (exact) mass is 260 g/mol. The fourth-order valence-corrected chi connectivity index (χ4v) is 2.52. The van der Waals surface area contributed by atoms with Gasteiger partial charge in [0.25, 0.3) is 5.91 Å². The van der Waals surface area contributed by atoms with Crippen LogP contribution in [0.2, 0.25) is 0 Å². The summed E-state index contributed by atoms with van der Waals surface area (Å²) >= 11 is 0. The molecule has 2 heterocycles. The van der Waals surface area contributed by atoms with Crippen molar-refractivity contribution in [2.75, 3.05) is 19.7 Å². The third-order valence-corrected chi connectivity index (χ3v) is 3.53. The predicted molar refractivity (Wildman–Crippen MR) is 69.6 cm³/mol. The Morgan fingerprint density at radius 1 is 1.32 bits per heavy atom. The van der Waals surface area contributed by atoms with E-state index in [2.05, 4.69) is 10.6 Å². The van der Waals surface area contributed by atoms with E-state index in [-0.39, 0.29) is 17.7 Å².